The van der Waals surface area contributed by atoms with Gasteiger partial charge in [0, 0.05) is 19.7 Å². The first-order chi connectivity index (χ1) is 9.81. The van der Waals surface area contributed by atoms with Crippen molar-refractivity contribution in [2.24, 2.45) is 5.41 Å². The SMILES string of the molecule is CC(C)(C)CN(CCCO)CC(=O)Nc1ccccc1Cl. The average Bonchev–Trinajstić information content (AvgIpc) is 2.37. The molecule has 0 atom stereocenters. The number of rotatable bonds is 7. The monoisotopic (exact) mass is 312 g/mol. The molecule has 21 heavy (non-hydrogen) atoms. The Morgan fingerprint density at radius 2 is 2.00 bits per heavy atom. The van der Waals surface area contributed by atoms with Crippen molar-refractivity contribution in [3.8, 4) is 0 Å². The second kappa shape index (κ2) is 8.37. The number of carbonyl (C=O) groups excluding carboxylic acids is 1. The van der Waals surface area contributed by atoms with E-state index >= 15 is 0 Å². The topological polar surface area (TPSA) is 52.6 Å². The van der Waals surface area contributed by atoms with Crippen LogP contribution in [0.4, 0.5) is 5.69 Å². The Kier molecular flexibility index (Phi) is 7.15. The normalized spacial score (nSPS) is 11.7. The van der Waals surface area contributed by atoms with E-state index in [4.69, 9.17) is 16.7 Å². The van der Waals surface area contributed by atoms with Crippen molar-refractivity contribution in [2.75, 3.05) is 31.6 Å². The number of aliphatic hydroxyl groups excluding tert-OH is 1. The summed E-state index contributed by atoms with van der Waals surface area (Å²) in [4.78, 5) is 14.2. The third-order valence-corrected chi connectivity index (χ3v) is 3.18. The third kappa shape index (κ3) is 7.46. The molecule has 0 aliphatic heterocycles. The van der Waals surface area contributed by atoms with E-state index in [9.17, 15) is 4.79 Å². The Bertz CT molecular complexity index is 458. The molecule has 2 N–H and O–H groups in total. The molecule has 0 spiro atoms. The van der Waals surface area contributed by atoms with Crippen molar-refractivity contribution >= 4 is 23.2 Å². The van der Waals surface area contributed by atoms with Crippen molar-refractivity contribution in [1.29, 1.82) is 0 Å². The van der Waals surface area contributed by atoms with Crippen molar-refractivity contribution in [3.63, 3.8) is 0 Å². The van der Waals surface area contributed by atoms with E-state index in [1.165, 1.54) is 0 Å². The van der Waals surface area contributed by atoms with Gasteiger partial charge >= 0.3 is 0 Å². The second-order valence-electron chi connectivity index (χ2n) is 6.38. The maximum atomic E-state index is 12.2. The third-order valence-electron chi connectivity index (χ3n) is 2.85. The number of aliphatic hydroxyl groups is 1. The number of halogens is 1. The van der Waals surface area contributed by atoms with E-state index in [0.29, 0.717) is 30.2 Å². The van der Waals surface area contributed by atoms with Gasteiger partial charge in [0.15, 0.2) is 0 Å². The first-order valence-corrected chi connectivity index (χ1v) is 7.57. The van der Waals surface area contributed by atoms with Gasteiger partial charge in [0.05, 0.1) is 17.3 Å². The first-order valence-electron chi connectivity index (χ1n) is 7.19. The van der Waals surface area contributed by atoms with Gasteiger partial charge in [0.1, 0.15) is 0 Å². The maximum absolute atomic E-state index is 12.2. The van der Waals surface area contributed by atoms with E-state index in [-0.39, 0.29) is 17.9 Å². The number of nitrogens with zero attached hydrogens (tertiary/aromatic N) is 1. The molecular formula is C16H25ClN2O2. The predicted molar refractivity (Wildman–Crippen MR) is 87.7 cm³/mol. The molecule has 0 aromatic heterocycles. The number of hydrogen-bond acceptors (Lipinski definition) is 3. The Morgan fingerprint density at radius 1 is 1.33 bits per heavy atom. The van der Waals surface area contributed by atoms with Gasteiger partial charge in [0.2, 0.25) is 5.91 Å². The summed E-state index contributed by atoms with van der Waals surface area (Å²) in [6.45, 7) is 8.31. The summed E-state index contributed by atoms with van der Waals surface area (Å²) >= 11 is 6.03. The first kappa shape index (κ1) is 18.0. The molecule has 0 radical (unpaired) electrons. The standard InChI is InChI=1S/C16H25ClN2O2/c1-16(2,3)12-19(9-6-10-20)11-15(21)18-14-8-5-4-7-13(14)17/h4-5,7-8,20H,6,9-12H2,1-3H3,(H,18,21). The fourth-order valence-corrected chi connectivity index (χ4v) is 2.32. The molecule has 4 nitrogen and oxygen atoms in total. The lowest BCUT2D eigenvalue weighted by Gasteiger charge is -2.29. The van der Waals surface area contributed by atoms with Crippen LogP contribution < -0.4 is 5.32 Å². The van der Waals surface area contributed by atoms with Crippen LogP contribution in [0, 0.1) is 5.41 Å². The van der Waals surface area contributed by atoms with Gasteiger partial charge < -0.3 is 10.4 Å². The van der Waals surface area contributed by atoms with Crippen molar-refractivity contribution in [1.82, 2.24) is 4.90 Å². The maximum Gasteiger partial charge on any atom is 0.238 e. The fraction of sp³-hybridized carbons (Fsp3) is 0.562. The Labute approximate surface area is 132 Å². The molecule has 0 fully saturated rings. The Balaban J connectivity index is 2.61. The van der Waals surface area contributed by atoms with Gasteiger partial charge in [-0.05, 0) is 24.0 Å². The second-order valence-corrected chi connectivity index (χ2v) is 6.78. The van der Waals surface area contributed by atoms with E-state index < -0.39 is 0 Å². The van der Waals surface area contributed by atoms with E-state index in [0.717, 1.165) is 6.54 Å². The summed E-state index contributed by atoms with van der Waals surface area (Å²) in [5, 5.41) is 12.3. The lowest BCUT2D eigenvalue weighted by Crippen LogP contribution is -2.39. The molecular weight excluding hydrogens is 288 g/mol. The van der Waals surface area contributed by atoms with Crippen LogP contribution in [0.15, 0.2) is 24.3 Å². The summed E-state index contributed by atoms with van der Waals surface area (Å²) in [5.41, 5.74) is 0.724. The molecule has 1 aromatic rings. The Hall–Kier alpha value is -1.10. The summed E-state index contributed by atoms with van der Waals surface area (Å²) < 4.78 is 0. The number of hydrogen-bond donors (Lipinski definition) is 2. The van der Waals surface area contributed by atoms with Gasteiger partial charge in [-0.25, -0.2) is 0 Å². The molecule has 1 aromatic carbocycles. The van der Waals surface area contributed by atoms with Crippen LogP contribution in [-0.2, 0) is 4.79 Å². The minimum Gasteiger partial charge on any atom is -0.396 e. The van der Waals surface area contributed by atoms with Crippen LogP contribution in [0.25, 0.3) is 0 Å². The molecule has 0 saturated carbocycles. The molecule has 0 unspecified atom stereocenters. The number of anilines is 1. The molecule has 0 saturated heterocycles. The van der Waals surface area contributed by atoms with Crippen molar-refractivity contribution < 1.29 is 9.90 Å². The van der Waals surface area contributed by atoms with Crippen LogP contribution in [-0.4, -0.2) is 42.2 Å². The van der Waals surface area contributed by atoms with Crippen LogP contribution in [0.2, 0.25) is 5.02 Å². The van der Waals surface area contributed by atoms with Gasteiger partial charge in [-0.15, -0.1) is 0 Å². The van der Waals surface area contributed by atoms with Crippen LogP contribution in [0.5, 0.6) is 0 Å². The smallest absolute Gasteiger partial charge is 0.238 e. The highest BCUT2D eigenvalue weighted by molar-refractivity contribution is 6.33. The lowest BCUT2D eigenvalue weighted by molar-refractivity contribution is -0.117. The number of nitrogens with one attached hydrogen (secondary N) is 1. The Morgan fingerprint density at radius 3 is 2.57 bits per heavy atom. The summed E-state index contributed by atoms with van der Waals surface area (Å²) in [6, 6.07) is 7.18. The summed E-state index contributed by atoms with van der Waals surface area (Å²) in [5.74, 6) is -0.0923. The highest BCUT2D eigenvalue weighted by atomic mass is 35.5. The zero-order valence-corrected chi connectivity index (χ0v) is 13.8. The number of amides is 1. The predicted octanol–water partition coefficient (Wildman–Crippen LogP) is 3.01. The van der Waals surface area contributed by atoms with E-state index in [1.807, 2.05) is 12.1 Å². The largest absolute Gasteiger partial charge is 0.396 e. The van der Waals surface area contributed by atoms with Crippen LogP contribution >= 0.6 is 11.6 Å². The molecule has 0 bridgehead atoms. The molecule has 0 aliphatic rings. The average molecular weight is 313 g/mol. The molecule has 118 valence electrons. The van der Waals surface area contributed by atoms with Crippen molar-refractivity contribution in [3.05, 3.63) is 29.3 Å². The lowest BCUT2D eigenvalue weighted by atomic mass is 9.96. The number of benzene rings is 1. The highest BCUT2D eigenvalue weighted by Gasteiger charge is 2.18. The van der Waals surface area contributed by atoms with E-state index in [2.05, 4.69) is 31.0 Å². The molecule has 0 aliphatic carbocycles. The molecule has 1 rings (SSSR count). The zero-order valence-electron chi connectivity index (χ0n) is 13.0. The van der Waals surface area contributed by atoms with E-state index in [1.54, 1.807) is 12.1 Å². The quantitative estimate of drug-likeness (QED) is 0.814. The van der Waals surface area contributed by atoms with Gasteiger partial charge in [-0.3, -0.25) is 9.69 Å². The van der Waals surface area contributed by atoms with Crippen molar-refractivity contribution in [2.45, 2.75) is 27.2 Å². The summed E-state index contributed by atoms with van der Waals surface area (Å²) in [6.07, 6.45) is 0.662. The summed E-state index contributed by atoms with van der Waals surface area (Å²) in [7, 11) is 0. The van der Waals surface area contributed by atoms with Gasteiger partial charge in [0.25, 0.3) is 0 Å². The molecule has 5 heteroatoms. The minimum atomic E-state index is -0.0923. The highest BCUT2D eigenvalue weighted by Crippen LogP contribution is 2.20. The fourth-order valence-electron chi connectivity index (χ4n) is 2.13. The van der Waals surface area contributed by atoms with Gasteiger partial charge in [-0.2, -0.15) is 0 Å². The molecule has 1 amide bonds. The van der Waals surface area contributed by atoms with Crippen LogP contribution in [0.1, 0.15) is 27.2 Å². The molecule has 0 heterocycles. The number of carbonyl (C=O) groups is 1. The van der Waals surface area contributed by atoms with Gasteiger partial charge in [-0.1, -0.05) is 44.5 Å². The zero-order chi connectivity index (χ0) is 15.9. The van der Waals surface area contributed by atoms with Crippen LogP contribution in [0.3, 0.4) is 0 Å². The minimum absolute atomic E-state index is 0.0923. The number of para-hydroxylation sites is 1.